The molecule has 0 bridgehead atoms. The first-order chi connectivity index (χ1) is 10.3. The molecule has 2 aliphatic heterocycles. The third-order valence-electron chi connectivity index (χ3n) is 4.21. The summed E-state index contributed by atoms with van der Waals surface area (Å²) in [5, 5.41) is 6.25. The van der Waals surface area contributed by atoms with E-state index in [9.17, 15) is 9.59 Å². The summed E-state index contributed by atoms with van der Waals surface area (Å²) in [4.78, 5) is 25.7. The molecule has 0 saturated carbocycles. The van der Waals surface area contributed by atoms with E-state index in [1.807, 2.05) is 20.8 Å². The monoisotopic (exact) mass is 311 g/mol. The summed E-state index contributed by atoms with van der Waals surface area (Å²) >= 11 is 0. The van der Waals surface area contributed by atoms with E-state index in [4.69, 9.17) is 4.74 Å². The third-order valence-corrected chi connectivity index (χ3v) is 4.21. The van der Waals surface area contributed by atoms with Crippen molar-refractivity contribution < 1.29 is 14.3 Å². The molecule has 0 aliphatic carbocycles. The lowest BCUT2D eigenvalue weighted by molar-refractivity contribution is -0.123. The molecule has 0 unspecified atom stereocenters. The Morgan fingerprint density at radius 3 is 2.45 bits per heavy atom. The first-order valence-corrected chi connectivity index (χ1v) is 8.34. The molecule has 6 nitrogen and oxygen atoms in total. The summed E-state index contributed by atoms with van der Waals surface area (Å²) in [7, 11) is 0. The van der Waals surface area contributed by atoms with Crippen LogP contribution in [0.15, 0.2) is 0 Å². The number of nitrogens with one attached hydrogen (secondary N) is 2. The number of hydrogen-bond donors (Lipinski definition) is 2. The number of carbonyl (C=O) groups is 2. The maximum absolute atomic E-state index is 12.0. The quantitative estimate of drug-likeness (QED) is 0.829. The van der Waals surface area contributed by atoms with Gasteiger partial charge in [0.15, 0.2) is 0 Å². The molecule has 2 aliphatic rings. The molecule has 2 fully saturated rings. The van der Waals surface area contributed by atoms with Crippen LogP contribution in [0.1, 0.15) is 46.5 Å². The van der Waals surface area contributed by atoms with Crippen LogP contribution in [0.2, 0.25) is 0 Å². The number of likely N-dealkylation sites (tertiary alicyclic amines) is 1. The summed E-state index contributed by atoms with van der Waals surface area (Å²) in [5.41, 5.74) is -0.448. The van der Waals surface area contributed by atoms with E-state index in [0.717, 1.165) is 32.2 Å². The molecule has 0 aromatic heterocycles. The van der Waals surface area contributed by atoms with Crippen molar-refractivity contribution in [1.82, 2.24) is 15.5 Å². The maximum atomic E-state index is 12.0. The van der Waals surface area contributed by atoms with E-state index in [2.05, 4.69) is 10.6 Å². The highest BCUT2D eigenvalue weighted by molar-refractivity contribution is 5.82. The number of nitrogens with zero attached hydrogens (tertiary/aromatic N) is 1. The lowest BCUT2D eigenvalue weighted by atomic mass is 9.97. The smallest absolute Gasteiger partial charge is 0.410 e. The van der Waals surface area contributed by atoms with Gasteiger partial charge >= 0.3 is 6.09 Å². The number of amides is 2. The Labute approximate surface area is 132 Å². The highest BCUT2D eigenvalue weighted by Gasteiger charge is 2.28. The van der Waals surface area contributed by atoms with Crippen molar-refractivity contribution in [3.63, 3.8) is 0 Å². The molecule has 1 atom stereocenters. The van der Waals surface area contributed by atoms with E-state index >= 15 is 0 Å². The number of carbonyl (C=O) groups excluding carboxylic acids is 2. The number of rotatable bonds is 3. The molecule has 0 radical (unpaired) electrons. The van der Waals surface area contributed by atoms with Gasteiger partial charge in [-0.05, 0) is 58.9 Å². The van der Waals surface area contributed by atoms with Gasteiger partial charge in [-0.25, -0.2) is 4.79 Å². The van der Waals surface area contributed by atoms with Gasteiger partial charge < -0.3 is 20.3 Å². The lowest BCUT2D eigenvalue weighted by Gasteiger charge is -2.33. The average Bonchev–Trinajstić information content (AvgIpc) is 2.97. The van der Waals surface area contributed by atoms with Crippen molar-refractivity contribution in [2.24, 2.45) is 5.92 Å². The van der Waals surface area contributed by atoms with Crippen molar-refractivity contribution in [3.8, 4) is 0 Å². The Kier molecular flexibility index (Phi) is 5.67. The van der Waals surface area contributed by atoms with Crippen LogP contribution in [0.25, 0.3) is 0 Å². The van der Waals surface area contributed by atoms with Gasteiger partial charge in [0.2, 0.25) is 5.91 Å². The molecule has 0 spiro atoms. The molecule has 2 heterocycles. The summed E-state index contributed by atoms with van der Waals surface area (Å²) < 4.78 is 5.39. The summed E-state index contributed by atoms with van der Waals surface area (Å²) in [6.07, 6.45) is 3.61. The summed E-state index contributed by atoms with van der Waals surface area (Å²) in [6.45, 7) is 8.69. The normalized spacial score (nSPS) is 23.4. The van der Waals surface area contributed by atoms with Crippen molar-refractivity contribution in [3.05, 3.63) is 0 Å². The van der Waals surface area contributed by atoms with Crippen molar-refractivity contribution in [2.75, 3.05) is 26.2 Å². The van der Waals surface area contributed by atoms with Gasteiger partial charge in [-0.2, -0.15) is 0 Å². The van der Waals surface area contributed by atoms with Crippen molar-refractivity contribution >= 4 is 12.0 Å². The second kappa shape index (κ2) is 7.31. The second-order valence-electron chi connectivity index (χ2n) is 7.30. The van der Waals surface area contributed by atoms with Gasteiger partial charge in [0, 0.05) is 19.6 Å². The molecule has 2 saturated heterocycles. The van der Waals surface area contributed by atoms with Crippen LogP contribution in [0.3, 0.4) is 0 Å². The molecule has 126 valence electrons. The van der Waals surface area contributed by atoms with Crippen LogP contribution in [0, 0.1) is 5.92 Å². The first kappa shape index (κ1) is 17.1. The third kappa shape index (κ3) is 5.16. The van der Waals surface area contributed by atoms with Crippen molar-refractivity contribution in [1.29, 1.82) is 0 Å². The Bertz CT molecular complexity index is 392. The van der Waals surface area contributed by atoms with E-state index in [1.54, 1.807) is 4.90 Å². The fourth-order valence-electron chi connectivity index (χ4n) is 2.92. The molecule has 2 N–H and O–H groups in total. The Morgan fingerprint density at radius 2 is 1.91 bits per heavy atom. The van der Waals surface area contributed by atoms with Crippen LogP contribution in [-0.2, 0) is 9.53 Å². The van der Waals surface area contributed by atoms with Gasteiger partial charge in [0.25, 0.3) is 0 Å². The van der Waals surface area contributed by atoms with E-state index in [-0.39, 0.29) is 18.0 Å². The molecule has 2 amide bonds. The molecule has 0 aromatic carbocycles. The van der Waals surface area contributed by atoms with Crippen molar-refractivity contribution in [2.45, 2.75) is 58.1 Å². The van der Waals surface area contributed by atoms with Gasteiger partial charge in [-0.15, -0.1) is 0 Å². The molecule has 0 aromatic rings. The molecule has 2 rings (SSSR count). The highest BCUT2D eigenvalue weighted by atomic mass is 16.6. The van der Waals surface area contributed by atoms with E-state index in [0.29, 0.717) is 25.6 Å². The molecule has 22 heavy (non-hydrogen) atoms. The van der Waals surface area contributed by atoms with Crippen LogP contribution < -0.4 is 10.6 Å². The van der Waals surface area contributed by atoms with E-state index in [1.165, 1.54) is 0 Å². The predicted octanol–water partition coefficient (Wildman–Crippen LogP) is 1.50. The largest absolute Gasteiger partial charge is 0.444 e. The zero-order valence-corrected chi connectivity index (χ0v) is 14.0. The Hall–Kier alpha value is -1.30. The minimum atomic E-state index is -0.448. The molecular weight excluding hydrogens is 282 g/mol. The standard InChI is InChI=1S/C16H29N3O3/c1-16(2,3)22-15(21)19-9-6-12(7-10-19)11-18-14(20)13-5-4-8-17-13/h12-13,17H,4-11H2,1-3H3,(H,18,20)/t13-/m0/s1. The van der Waals surface area contributed by atoms with Crippen LogP contribution in [0.4, 0.5) is 4.79 Å². The number of piperidine rings is 1. The Balaban J connectivity index is 1.66. The van der Waals surface area contributed by atoms with E-state index < -0.39 is 5.60 Å². The minimum absolute atomic E-state index is 0.0122. The average molecular weight is 311 g/mol. The maximum Gasteiger partial charge on any atom is 0.410 e. The number of ether oxygens (including phenoxy) is 1. The first-order valence-electron chi connectivity index (χ1n) is 8.34. The lowest BCUT2D eigenvalue weighted by Crippen LogP contribution is -2.46. The summed E-state index contributed by atoms with van der Waals surface area (Å²) in [6, 6.07) is -0.0122. The van der Waals surface area contributed by atoms with Crippen LogP contribution >= 0.6 is 0 Å². The van der Waals surface area contributed by atoms with Gasteiger partial charge in [-0.1, -0.05) is 0 Å². The Morgan fingerprint density at radius 1 is 1.23 bits per heavy atom. The molecule has 6 heteroatoms. The summed E-state index contributed by atoms with van der Waals surface area (Å²) in [5.74, 6) is 0.566. The SMILES string of the molecule is CC(C)(C)OC(=O)N1CCC(CNC(=O)[C@@H]2CCCN2)CC1. The fraction of sp³-hybridized carbons (Fsp3) is 0.875. The number of hydrogen-bond acceptors (Lipinski definition) is 4. The van der Waals surface area contributed by atoms with Crippen LogP contribution in [0.5, 0.6) is 0 Å². The predicted molar refractivity (Wildman–Crippen MR) is 84.6 cm³/mol. The van der Waals surface area contributed by atoms with Gasteiger partial charge in [-0.3, -0.25) is 4.79 Å². The minimum Gasteiger partial charge on any atom is -0.444 e. The van der Waals surface area contributed by atoms with Crippen LogP contribution in [-0.4, -0.2) is 54.7 Å². The molecular formula is C16H29N3O3. The van der Waals surface area contributed by atoms with Gasteiger partial charge in [0.05, 0.1) is 6.04 Å². The topological polar surface area (TPSA) is 70.7 Å². The fourth-order valence-corrected chi connectivity index (χ4v) is 2.92. The zero-order chi connectivity index (χ0) is 16.2. The van der Waals surface area contributed by atoms with Gasteiger partial charge in [0.1, 0.15) is 5.60 Å². The zero-order valence-electron chi connectivity index (χ0n) is 14.0. The highest BCUT2D eigenvalue weighted by Crippen LogP contribution is 2.19. The second-order valence-corrected chi connectivity index (χ2v) is 7.30.